The minimum Gasteiger partial charge on any atom is -0.394 e. The van der Waals surface area contributed by atoms with E-state index in [0.29, 0.717) is 64.5 Å². The van der Waals surface area contributed by atoms with E-state index in [1.54, 1.807) is 0 Å². The molecule has 2 saturated heterocycles. The molecule has 3 heterocycles. The minimum absolute atomic E-state index is 0.131. The summed E-state index contributed by atoms with van der Waals surface area (Å²) in [6.07, 6.45) is -5.77. The number of aliphatic hydroxyl groups excluding tert-OH is 5. The molecule has 14 heteroatoms. The Morgan fingerprint density at radius 1 is 0.871 bits per heavy atom. The van der Waals surface area contributed by atoms with Crippen LogP contribution < -0.4 is 15.2 Å². The predicted octanol–water partition coefficient (Wildman–Crippen LogP) is -3.62. The average Bonchev–Trinajstić information content (AvgIpc) is 2.83. The highest BCUT2D eigenvalue weighted by molar-refractivity contribution is 5.64. The second-order valence-corrected chi connectivity index (χ2v) is 7.07. The maximum Gasteiger partial charge on any atom is 0.250 e. The predicted molar refractivity (Wildman–Crippen MR) is 109 cm³/mol. The van der Waals surface area contributed by atoms with Crippen LogP contribution in [0.2, 0.25) is 0 Å². The van der Waals surface area contributed by atoms with Gasteiger partial charge in [0.2, 0.25) is 17.8 Å². The summed E-state index contributed by atoms with van der Waals surface area (Å²) in [5.41, 5.74) is 2.60. The van der Waals surface area contributed by atoms with E-state index in [4.69, 9.17) is 14.6 Å². The van der Waals surface area contributed by atoms with Crippen LogP contribution in [0.3, 0.4) is 0 Å². The highest BCUT2D eigenvalue weighted by Gasteiger charge is 2.29. The first-order chi connectivity index (χ1) is 15.0. The van der Waals surface area contributed by atoms with Crippen LogP contribution in [0.5, 0.6) is 0 Å². The molecule has 0 unspecified atom stereocenters. The van der Waals surface area contributed by atoms with Crippen LogP contribution in [-0.2, 0) is 9.47 Å². The van der Waals surface area contributed by atoms with Gasteiger partial charge in [0.05, 0.1) is 39.2 Å². The number of aliphatic hydroxyl groups is 5. The van der Waals surface area contributed by atoms with E-state index in [2.05, 4.69) is 25.5 Å². The second kappa shape index (κ2) is 11.4. The summed E-state index contributed by atoms with van der Waals surface area (Å²) in [6, 6.07) is 0. The van der Waals surface area contributed by atoms with Gasteiger partial charge >= 0.3 is 0 Å². The Morgan fingerprint density at radius 2 is 1.39 bits per heavy atom. The van der Waals surface area contributed by atoms with Crippen molar-refractivity contribution in [1.82, 2.24) is 15.0 Å². The molecule has 14 nitrogen and oxygen atoms in total. The quantitative estimate of drug-likeness (QED) is 0.162. The SMILES string of the molecule is OC[C@H](O)[C@H](O)[C@@H](O)[C@@H](O)/C=N\Nc1nc(N2CCOCC2)nc(N2CCOCC2)n1. The van der Waals surface area contributed by atoms with Crippen LogP contribution in [0, 0.1) is 0 Å². The van der Waals surface area contributed by atoms with Crippen molar-refractivity contribution < 1.29 is 35.0 Å². The molecule has 0 saturated carbocycles. The smallest absolute Gasteiger partial charge is 0.250 e. The summed E-state index contributed by atoms with van der Waals surface area (Å²) in [5.74, 6) is 1.05. The van der Waals surface area contributed by atoms with Gasteiger partial charge in [-0.2, -0.15) is 20.1 Å². The van der Waals surface area contributed by atoms with Gasteiger partial charge < -0.3 is 44.8 Å². The molecule has 3 rings (SSSR count). The lowest BCUT2D eigenvalue weighted by atomic mass is 10.0. The van der Waals surface area contributed by atoms with E-state index >= 15 is 0 Å². The Morgan fingerprint density at radius 3 is 1.87 bits per heavy atom. The van der Waals surface area contributed by atoms with Gasteiger partial charge in [0.15, 0.2) is 0 Å². The number of hydrazone groups is 1. The van der Waals surface area contributed by atoms with Crippen molar-refractivity contribution in [2.45, 2.75) is 24.4 Å². The first-order valence-electron chi connectivity index (χ1n) is 10.0. The number of anilines is 3. The fourth-order valence-corrected chi connectivity index (χ4v) is 3.01. The van der Waals surface area contributed by atoms with E-state index in [1.165, 1.54) is 0 Å². The molecule has 4 atom stereocenters. The monoisotopic (exact) mass is 443 g/mol. The molecule has 0 spiro atoms. The van der Waals surface area contributed by atoms with Crippen LogP contribution in [-0.4, -0.2) is 130 Å². The molecule has 31 heavy (non-hydrogen) atoms. The first-order valence-corrected chi connectivity index (χ1v) is 10.0. The normalized spacial score (nSPS) is 21.7. The molecule has 0 aliphatic carbocycles. The van der Waals surface area contributed by atoms with Crippen LogP contribution in [0.4, 0.5) is 17.8 Å². The Labute approximate surface area is 178 Å². The number of nitrogens with zero attached hydrogens (tertiary/aromatic N) is 6. The van der Waals surface area contributed by atoms with Crippen molar-refractivity contribution in [2.24, 2.45) is 5.10 Å². The Kier molecular flexibility index (Phi) is 8.65. The summed E-state index contributed by atoms with van der Waals surface area (Å²) in [6.45, 7) is 4.00. The molecule has 1 aromatic rings. The third-order valence-corrected chi connectivity index (χ3v) is 4.87. The molecule has 2 aliphatic rings. The van der Waals surface area contributed by atoms with E-state index < -0.39 is 31.0 Å². The van der Waals surface area contributed by atoms with Crippen molar-refractivity contribution in [2.75, 3.05) is 74.4 Å². The lowest BCUT2D eigenvalue weighted by molar-refractivity contribution is -0.0999. The molecule has 2 aliphatic heterocycles. The maximum atomic E-state index is 9.94. The van der Waals surface area contributed by atoms with Crippen LogP contribution in [0.15, 0.2) is 5.10 Å². The Bertz CT molecular complexity index is 680. The fourth-order valence-electron chi connectivity index (χ4n) is 3.01. The third-order valence-electron chi connectivity index (χ3n) is 4.87. The van der Waals surface area contributed by atoms with Crippen molar-refractivity contribution >= 4 is 24.1 Å². The maximum absolute atomic E-state index is 9.94. The first kappa shape index (κ1) is 23.5. The fraction of sp³-hybridized carbons (Fsp3) is 0.765. The number of aromatic nitrogens is 3. The molecule has 0 bridgehead atoms. The highest BCUT2D eigenvalue weighted by Crippen LogP contribution is 2.18. The molecule has 0 aromatic carbocycles. The van der Waals surface area contributed by atoms with Crippen LogP contribution in [0.25, 0.3) is 0 Å². The second-order valence-electron chi connectivity index (χ2n) is 7.07. The molecular formula is C17H29N7O7. The standard InChI is InChI=1S/C17H29N7O7/c25-10-12(27)14(29)13(28)11(26)9-18-22-15-19-16(23-1-5-30-6-2-23)21-17(20-15)24-3-7-31-8-4-24/h9,11-14,25-29H,1-8,10H2,(H,19,20,21,22)/b18-9-/t11-,12-,13-,14-/m0/s1. The Hall–Kier alpha value is -2.20. The van der Waals surface area contributed by atoms with Gasteiger partial charge in [0.25, 0.3) is 0 Å². The highest BCUT2D eigenvalue weighted by atomic mass is 16.5. The van der Waals surface area contributed by atoms with Crippen molar-refractivity contribution in [3.8, 4) is 0 Å². The lowest BCUT2D eigenvalue weighted by Crippen LogP contribution is -2.46. The van der Waals surface area contributed by atoms with Crippen molar-refractivity contribution in [3.05, 3.63) is 0 Å². The molecule has 1 aromatic heterocycles. The van der Waals surface area contributed by atoms with Gasteiger partial charge in [-0.15, -0.1) is 0 Å². The summed E-state index contributed by atoms with van der Waals surface area (Å²) < 4.78 is 10.7. The van der Waals surface area contributed by atoms with E-state index in [9.17, 15) is 20.4 Å². The molecule has 174 valence electrons. The summed E-state index contributed by atoms with van der Waals surface area (Å²) >= 11 is 0. The van der Waals surface area contributed by atoms with E-state index in [1.807, 2.05) is 9.80 Å². The number of hydrogen-bond acceptors (Lipinski definition) is 14. The lowest BCUT2D eigenvalue weighted by Gasteiger charge is -2.30. The molecule has 0 radical (unpaired) electrons. The summed E-state index contributed by atoms with van der Waals surface area (Å²) in [4.78, 5) is 17.2. The summed E-state index contributed by atoms with van der Waals surface area (Å²) in [5, 5.41) is 51.5. The zero-order valence-corrected chi connectivity index (χ0v) is 17.0. The number of nitrogens with one attached hydrogen (secondary N) is 1. The largest absolute Gasteiger partial charge is 0.394 e. The Balaban J connectivity index is 1.72. The number of rotatable bonds is 9. The van der Waals surface area contributed by atoms with Crippen molar-refractivity contribution in [3.63, 3.8) is 0 Å². The van der Waals surface area contributed by atoms with Gasteiger partial charge in [0, 0.05) is 26.2 Å². The number of ether oxygens (including phenoxy) is 2. The van der Waals surface area contributed by atoms with Gasteiger partial charge in [-0.05, 0) is 0 Å². The average molecular weight is 443 g/mol. The summed E-state index contributed by atoms with van der Waals surface area (Å²) in [7, 11) is 0. The zero-order valence-electron chi connectivity index (χ0n) is 17.0. The van der Waals surface area contributed by atoms with Crippen molar-refractivity contribution in [1.29, 1.82) is 0 Å². The van der Waals surface area contributed by atoms with Gasteiger partial charge in [-0.3, -0.25) is 0 Å². The number of hydrogen-bond donors (Lipinski definition) is 6. The topological polar surface area (TPSA) is 189 Å². The third kappa shape index (κ3) is 6.39. The molecule has 0 amide bonds. The van der Waals surface area contributed by atoms with Gasteiger partial charge in [-0.25, -0.2) is 5.43 Å². The molecular weight excluding hydrogens is 414 g/mol. The zero-order chi connectivity index (χ0) is 22.2. The minimum atomic E-state index is -1.75. The molecule has 6 N–H and O–H groups in total. The molecule has 2 fully saturated rings. The van der Waals surface area contributed by atoms with E-state index in [-0.39, 0.29) is 5.95 Å². The van der Waals surface area contributed by atoms with Gasteiger partial charge in [0.1, 0.15) is 24.4 Å². The van der Waals surface area contributed by atoms with Gasteiger partial charge in [-0.1, -0.05) is 0 Å². The number of morpholine rings is 2. The van der Waals surface area contributed by atoms with Crippen LogP contribution >= 0.6 is 0 Å². The van der Waals surface area contributed by atoms with E-state index in [0.717, 1.165) is 6.21 Å². The van der Waals surface area contributed by atoms with Crippen LogP contribution in [0.1, 0.15) is 0 Å².